The molecule has 106 valence electrons. The molecule has 3 rings (SSSR count). The second-order valence-corrected chi connectivity index (χ2v) is 4.87. The van der Waals surface area contributed by atoms with Crippen LogP contribution in [-0.2, 0) is 0 Å². The molecule has 1 aliphatic rings. The van der Waals surface area contributed by atoms with Crippen molar-refractivity contribution in [1.82, 2.24) is 10.2 Å². The summed E-state index contributed by atoms with van der Waals surface area (Å²) in [5.74, 6) is 0.604. The van der Waals surface area contributed by atoms with Crippen molar-refractivity contribution in [3.8, 4) is 5.75 Å². The van der Waals surface area contributed by atoms with E-state index in [9.17, 15) is 4.79 Å². The van der Waals surface area contributed by atoms with Gasteiger partial charge >= 0.3 is 5.63 Å². The van der Waals surface area contributed by atoms with E-state index in [0.717, 1.165) is 38.1 Å². The van der Waals surface area contributed by atoms with E-state index in [1.54, 1.807) is 6.07 Å². The lowest BCUT2D eigenvalue weighted by Crippen LogP contribution is -2.44. The molecular weight excluding hydrogens is 256 g/mol. The predicted octanol–water partition coefficient (Wildman–Crippen LogP) is 1.08. The highest BCUT2D eigenvalue weighted by atomic mass is 16.5. The molecule has 0 saturated carbocycles. The zero-order chi connectivity index (χ0) is 13.8. The number of hydrogen-bond donors (Lipinski definition) is 1. The minimum absolute atomic E-state index is 0.374. The zero-order valence-corrected chi connectivity index (χ0v) is 11.3. The number of piperazine rings is 1. The van der Waals surface area contributed by atoms with Crippen molar-refractivity contribution in [3.63, 3.8) is 0 Å². The predicted molar refractivity (Wildman–Crippen MR) is 77.3 cm³/mol. The zero-order valence-electron chi connectivity index (χ0n) is 11.3. The highest BCUT2D eigenvalue weighted by Gasteiger charge is 2.10. The van der Waals surface area contributed by atoms with E-state index in [2.05, 4.69) is 10.2 Å². The van der Waals surface area contributed by atoms with Crippen molar-refractivity contribution in [1.29, 1.82) is 0 Å². The average Bonchev–Trinajstić information content (AvgIpc) is 2.48. The number of rotatable bonds is 4. The van der Waals surface area contributed by atoms with Crippen LogP contribution in [0.1, 0.15) is 0 Å². The second-order valence-electron chi connectivity index (χ2n) is 4.87. The molecule has 5 heteroatoms. The van der Waals surface area contributed by atoms with Gasteiger partial charge in [0.25, 0.3) is 0 Å². The molecule has 5 nitrogen and oxygen atoms in total. The summed E-state index contributed by atoms with van der Waals surface area (Å²) in [6, 6.07) is 8.85. The lowest BCUT2D eigenvalue weighted by molar-refractivity contribution is 0.192. The summed E-state index contributed by atoms with van der Waals surface area (Å²) in [6.07, 6.45) is 0. The number of para-hydroxylation sites is 1. The molecule has 0 aliphatic carbocycles. The van der Waals surface area contributed by atoms with E-state index in [4.69, 9.17) is 9.15 Å². The summed E-state index contributed by atoms with van der Waals surface area (Å²) < 4.78 is 10.9. The molecule has 0 spiro atoms. The van der Waals surface area contributed by atoms with Gasteiger partial charge in [-0.1, -0.05) is 12.1 Å². The molecule has 0 radical (unpaired) electrons. The third-order valence-electron chi connectivity index (χ3n) is 3.49. The van der Waals surface area contributed by atoms with Gasteiger partial charge in [-0.05, 0) is 12.1 Å². The minimum Gasteiger partial charge on any atom is -0.491 e. The van der Waals surface area contributed by atoms with Gasteiger partial charge < -0.3 is 14.5 Å². The molecule has 0 amide bonds. The molecule has 0 bridgehead atoms. The van der Waals surface area contributed by atoms with Gasteiger partial charge in [0.1, 0.15) is 17.9 Å². The number of ether oxygens (including phenoxy) is 1. The normalized spacial score (nSPS) is 16.4. The topological polar surface area (TPSA) is 54.7 Å². The number of benzene rings is 1. The number of nitrogens with one attached hydrogen (secondary N) is 1. The Hall–Kier alpha value is -1.85. The lowest BCUT2D eigenvalue weighted by Gasteiger charge is -2.26. The second kappa shape index (κ2) is 6.07. The molecule has 2 aromatic rings. The first-order valence-corrected chi connectivity index (χ1v) is 6.92. The van der Waals surface area contributed by atoms with Gasteiger partial charge in [0, 0.05) is 32.7 Å². The molecule has 1 aliphatic heterocycles. The van der Waals surface area contributed by atoms with Gasteiger partial charge in [0.2, 0.25) is 0 Å². The van der Waals surface area contributed by atoms with E-state index in [1.165, 1.54) is 6.07 Å². The quantitative estimate of drug-likeness (QED) is 0.845. The van der Waals surface area contributed by atoms with Crippen LogP contribution in [-0.4, -0.2) is 44.2 Å². The Labute approximate surface area is 117 Å². The smallest absolute Gasteiger partial charge is 0.339 e. The number of hydrogen-bond acceptors (Lipinski definition) is 5. The van der Waals surface area contributed by atoms with E-state index in [1.807, 2.05) is 18.2 Å². The molecule has 1 N–H and O–H groups in total. The first kappa shape index (κ1) is 13.1. The van der Waals surface area contributed by atoms with Crippen LogP contribution in [0, 0.1) is 0 Å². The Balaban J connectivity index is 1.69. The van der Waals surface area contributed by atoms with E-state index in [0.29, 0.717) is 17.9 Å². The molecule has 20 heavy (non-hydrogen) atoms. The Bertz CT molecular complexity index is 632. The van der Waals surface area contributed by atoms with Gasteiger partial charge in [-0.3, -0.25) is 4.90 Å². The Morgan fingerprint density at radius 2 is 2.05 bits per heavy atom. The highest BCUT2D eigenvalue weighted by molar-refractivity contribution is 5.82. The molecule has 2 heterocycles. The molecule has 1 aromatic carbocycles. The lowest BCUT2D eigenvalue weighted by atomic mass is 10.2. The SMILES string of the molecule is O=c1cc(OCCN2CCNCC2)c2ccccc2o1. The van der Waals surface area contributed by atoms with Crippen molar-refractivity contribution in [3.05, 3.63) is 40.8 Å². The summed E-state index contributed by atoms with van der Waals surface area (Å²) >= 11 is 0. The summed E-state index contributed by atoms with van der Waals surface area (Å²) in [5.41, 5.74) is 0.193. The largest absolute Gasteiger partial charge is 0.491 e. The summed E-state index contributed by atoms with van der Waals surface area (Å²) in [5, 5.41) is 4.16. The molecular formula is C15H18N2O3. The fourth-order valence-corrected chi connectivity index (χ4v) is 2.42. The first-order valence-electron chi connectivity index (χ1n) is 6.92. The van der Waals surface area contributed by atoms with Gasteiger partial charge in [-0.25, -0.2) is 4.79 Å². The molecule has 1 fully saturated rings. The van der Waals surface area contributed by atoms with Gasteiger partial charge in [0.15, 0.2) is 0 Å². The number of nitrogens with zero attached hydrogens (tertiary/aromatic N) is 1. The van der Waals surface area contributed by atoms with Crippen LogP contribution in [0.2, 0.25) is 0 Å². The molecule has 0 atom stereocenters. The highest BCUT2D eigenvalue weighted by Crippen LogP contribution is 2.23. The van der Waals surface area contributed by atoms with Gasteiger partial charge in [-0.2, -0.15) is 0 Å². The van der Waals surface area contributed by atoms with Crippen LogP contribution in [0.25, 0.3) is 11.0 Å². The van der Waals surface area contributed by atoms with Gasteiger partial charge in [-0.15, -0.1) is 0 Å². The molecule has 1 saturated heterocycles. The first-order chi connectivity index (χ1) is 9.83. The number of fused-ring (bicyclic) bond motifs is 1. The maximum Gasteiger partial charge on any atom is 0.339 e. The van der Waals surface area contributed by atoms with E-state index >= 15 is 0 Å². The third kappa shape index (κ3) is 3.00. The van der Waals surface area contributed by atoms with Crippen molar-refractivity contribution in [2.45, 2.75) is 0 Å². The summed E-state index contributed by atoms with van der Waals surface area (Å²) in [7, 11) is 0. The maximum absolute atomic E-state index is 11.5. The standard InChI is InChI=1S/C15H18N2O3/c18-15-11-14(12-3-1-2-4-13(12)20-15)19-10-9-17-7-5-16-6-8-17/h1-4,11,16H,5-10H2. The Morgan fingerprint density at radius 3 is 2.90 bits per heavy atom. The van der Waals surface area contributed by atoms with Crippen molar-refractivity contribution >= 4 is 11.0 Å². The van der Waals surface area contributed by atoms with Crippen molar-refractivity contribution in [2.24, 2.45) is 0 Å². The van der Waals surface area contributed by atoms with Gasteiger partial charge in [0.05, 0.1) is 11.5 Å². The van der Waals surface area contributed by atoms with Crippen LogP contribution in [0.5, 0.6) is 5.75 Å². The van der Waals surface area contributed by atoms with Crippen LogP contribution >= 0.6 is 0 Å². The van der Waals surface area contributed by atoms with Crippen molar-refractivity contribution < 1.29 is 9.15 Å². The Morgan fingerprint density at radius 1 is 1.25 bits per heavy atom. The fraction of sp³-hybridized carbons (Fsp3) is 0.400. The monoisotopic (exact) mass is 274 g/mol. The third-order valence-corrected chi connectivity index (χ3v) is 3.49. The van der Waals surface area contributed by atoms with Crippen LogP contribution in [0.15, 0.2) is 39.5 Å². The van der Waals surface area contributed by atoms with Crippen LogP contribution in [0.3, 0.4) is 0 Å². The van der Waals surface area contributed by atoms with Crippen LogP contribution < -0.4 is 15.7 Å². The van der Waals surface area contributed by atoms with Crippen molar-refractivity contribution in [2.75, 3.05) is 39.3 Å². The summed E-state index contributed by atoms with van der Waals surface area (Å²) in [6.45, 7) is 5.58. The molecule has 0 unspecified atom stereocenters. The van der Waals surface area contributed by atoms with E-state index < -0.39 is 0 Å². The maximum atomic E-state index is 11.5. The van der Waals surface area contributed by atoms with Crippen LogP contribution in [0.4, 0.5) is 0 Å². The minimum atomic E-state index is -0.374. The molecule has 1 aromatic heterocycles. The van der Waals surface area contributed by atoms with E-state index in [-0.39, 0.29) is 5.63 Å². The fourth-order valence-electron chi connectivity index (χ4n) is 2.42. The average molecular weight is 274 g/mol. The Kier molecular flexibility index (Phi) is 3.99. The summed E-state index contributed by atoms with van der Waals surface area (Å²) in [4.78, 5) is 13.9.